The van der Waals surface area contributed by atoms with Gasteiger partial charge in [0.15, 0.2) is 6.29 Å². The normalized spacial score (nSPS) is 43.4. The third kappa shape index (κ3) is 5.23. The van der Waals surface area contributed by atoms with Crippen LogP contribution in [0.1, 0.15) is 118 Å². The zero-order valence-electron chi connectivity index (χ0n) is 23.9. The molecule has 36 heavy (non-hydrogen) atoms. The van der Waals surface area contributed by atoms with Crippen molar-refractivity contribution < 1.29 is 9.47 Å². The molecule has 0 N–H and O–H groups in total. The maximum Gasteiger partial charge on any atom is 0.157 e. The van der Waals surface area contributed by atoms with E-state index in [1.807, 2.05) is 0 Å². The van der Waals surface area contributed by atoms with Gasteiger partial charge in [-0.2, -0.15) is 0 Å². The van der Waals surface area contributed by atoms with Gasteiger partial charge in [0.1, 0.15) is 0 Å². The molecule has 0 amide bonds. The molecule has 0 aromatic rings. The molecule has 5 rings (SSSR count). The molecule has 0 aromatic carbocycles. The van der Waals surface area contributed by atoms with E-state index in [0.29, 0.717) is 11.3 Å². The van der Waals surface area contributed by atoms with Gasteiger partial charge in [0.2, 0.25) is 0 Å². The number of allylic oxidation sites excluding steroid dienone is 2. The third-order valence-corrected chi connectivity index (χ3v) is 12.5. The monoisotopic (exact) mass is 518 g/mol. The van der Waals surface area contributed by atoms with Crippen LogP contribution in [-0.2, 0) is 9.47 Å². The van der Waals surface area contributed by atoms with Crippen LogP contribution in [0.5, 0.6) is 0 Å². The van der Waals surface area contributed by atoms with Gasteiger partial charge in [-0.05, 0) is 117 Å². The minimum Gasteiger partial charge on any atom is -0.353 e. The molecule has 1 aliphatic heterocycles. The van der Waals surface area contributed by atoms with Gasteiger partial charge in [-0.25, -0.2) is 0 Å². The Hall–Kier alpha value is -0.0500. The van der Waals surface area contributed by atoms with Gasteiger partial charge in [0, 0.05) is 17.9 Å². The van der Waals surface area contributed by atoms with Crippen molar-refractivity contribution in [3.8, 4) is 0 Å². The fourth-order valence-electron chi connectivity index (χ4n) is 10.0. The van der Waals surface area contributed by atoms with E-state index in [4.69, 9.17) is 21.1 Å². The summed E-state index contributed by atoms with van der Waals surface area (Å²) in [5.74, 6) is 6.73. The number of alkyl halides is 1. The summed E-state index contributed by atoms with van der Waals surface area (Å²) in [6, 6.07) is 0. The van der Waals surface area contributed by atoms with Crippen molar-refractivity contribution in [1.82, 2.24) is 0 Å². The topological polar surface area (TPSA) is 18.5 Å². The van der Waals surface area contributed by atoms with Gasteiger partial charge in [0.25, 0.3) is 0 Å². The summed E-state index contributed by atoms with van der Waals surface area (Å²) in [5.41, 5.74) is 2.54. The number of hydrogen-bond acceptors (Lipinski definition) is 2. The van der Waals surface area contributed by atoms with Crippen LogP contribution in [0.3, 0.4) is 0 Å². The smallest absolute Gasteiger partial charge is 0.157 e. The fraction of sp³-hybridized carbons (Fsp3) is 0.939. The number of ether oxygens (including phenoxy) is 2. The molecule has 4 fully saturated rings. The number of hydrogen-bond donors (Lipinski definition) is 0. The second-order valence-corrected chi connectivity index (χ2v) is 14.7. The Balaban J connectivity index is 1.24. The van der Waals surface area contributed by atoms with Gasteiger partial charge in [-0.3, -0.25) is 0 Å². The zero-order valence-corrected chi connectivity index (χ0v) is 24.7. The molecule has 3 heteroatoms. The van der Waals surface area contributed by atoms with Crippen molar-refractivity contribution in [3.05, 3.63) is 11.6 Å². The first kappa shape index (κ1) is 27.5. The summed E-state index contributed by atoms with van der Waals surface area (Å²) >= 11 is 6.96. The summed E-state index contributed by atoms with van der Waals surface area (Å²) in [4.78, 5) is 0. The molecule has 9 atom stereocenters. The van der Waals surface area contributed by atoms with Crippen molar-refractivity contribution in [2.75, 3.05) is 19.1 Å². The maximum atomic E-state index is 6.96. The highest BCUT2D eigenvalue weighted by Gasteiger charge is 2.60. The zero-order chi connectivity index (χ0) is 25.3. The van der Waals surface area contributed by atoms with Crippen LogP contribution in [0.4, 0.5) is 0 Å². The van der Waals surface area contributed by atoms with E-state index in [-0.39, 0.29) is 11.7 Å². The summed E-state index contributed by atoms with van der Waals surface area (Å²) in [6.45, 7) is 11.8. The van der Waals surface area contributed by atoms with Crippen LogP contribution in [0.15, 0.2) is 11.6 Å². The second-order valence-electron chi connectivity index (χ2n) is 14.4. The van der Waals surface area contributed by atoms with Crippen molar-refractivity contribution in [2.24, 2.45) is 52.3 Å². The van der Waals surface area contributed by atoms with Gasteiger partial charge in [-0.15, -0.1) is 11.6 Å². The van der Waals surface area contributed by atoms with Crippen LogP contribution >= 0.6 is 11.6 Å². The van der Waals surface area contributed by atoms with Gasteiger partial charge >= 0.3 is 0 Å². The lowest BCUT2D eigenvalue weighted by Gasteiger charge is -2.59. The highest BCUT2D eigenvalue weighted by atomic mass is 35.5. The fourth-order valence-corrected chi connectivity index (χ4v) is 10.5. The Kier molecular flexibility index (Phi) is 8.86. The highest BCUT2D eigenvalue weighted by Crippen LogP contribution is 2.67. The van der Waals surface area contributed by atoms with Crippen molar-refractivity contribution in [1.29, 1.82) is 0 Å². The molecule has 0 aromatic heterocycles. The lowest BCUT2D eigenvalue weighted by atomic mass is 9.46. The lowest BCUT2D eigenvalue weighted by molar-refractivity contribution is -0.171. The molecule has 3 saturated carbocycles. The first-order valence-corrected chi connectivity index (χ1v) is 16.4. The van der Waals surface area contributed by atoms with E-state index in [9.17, 15) is 0 Å². The second kappa shape index (κ2) is 11.6. The Morgan fingerprint density at radius 3 is 2.64 bits per heavy atom. The number of fused-ring (bicyclic) bond motifs is 5. The summed E-state index contributed by atoms with van der Waals surface area (Å²) in [5, 5.41) is 0. The lowest BCUT2D eigenvalue weighted by Crippen LogP contribution is -2.52. The van der Waals surface area contributed by atoms with E-state index >= 15 is 0 Å². The van der Waals surface area contributed by atoms with Crippen molar-refractivity contribution in [2.45, 2.75) is 124 Å². The minimum absolute atomic E-state index is 0.0438. The molecule has 0 spiro atoms. The maximum absolute atomic E-state index is 6.96. The van der Waals surface area contributed by atoms with E-state index < -0.39 is 0 Å². The Bertz CT molecular complexity index is 757. The Labute approximate surface area is 227 Å². The summed E-state index contributed by atoms with van der Waals surface area (Å²) in [7, 11) is 0. The van der Waals surface area contributed by atoms with Crippen LogP contribution in [0.2, 0.25) is 0 Å². The molecule has 2 nitrogen and oxygen atoms in total. The molecular weight excluding hydrogens is 464 g/mol. The Morgan fingerprint density at radius 2 is 1.89 bits per heavy atom. The van der Waals surface area contributed by atoms with Crippen molar-refractivity contribution >= 4 is 11.6 Å². The molecule has 1 heterocycles. The number of halogens is 1. The predicted octanol–water partition coefficient (Wildman–Crippen LogP) is 9.41. The molecule has 5 aliphatic rings. The van der Waals surface area contributed by atoms with Gasteiger partial charge < -0.3 is 9.47 Å². The molecule has 0 radical (unpaired) electrons. The molecular formula is C33H55ClO2. The van der Waals surface area contributed by atoms with Crippen LogP contribution in [0, 0.1) is 52.3 Å². The first-order chi connectivity index (χ1) is 17.4. The average Bonchev–Trinajstić information content (AvgIpc) is 3.24. The van der Waals surface area contributed by atoms with Crippen LogP contribution < -0.4 is 0 Å². The third-order valence-electron chi connectivity index (χ3n) is 12.0. The summed E-state index contributed by atoms with van der Waals surface area (Å²) in [6.07, 6.45) is 21.4. The minimum atomic E-state index is 0.0438. The van der Waals surface area contributed by atoms with E-state index in [2.05, 4.69) is 33.8 Å². The molecule has 0 bridgehead atoms. The largest absolute Gasteiger partial charge is 0.353 e. The summed E-state index contributed by atoms with van der Waals surface area (Å²) < 4.78 is 12.1. The van der Waals surface area contributed by atoms with Crippen molar-refractivity contribution in [3.63, 3.8) is 0 Å². The average molecular weight is 519 g/mol. The quantitative estimate of drug-likeness (QED) is 0.223. The molecule has 1 saturated heterocycles. The first-order valence-electron chi connectivity index (χ1n) is 15.9. The molecule has 4 aliphatic carbocycles. The highest BCUT2D eigenvalue weighted by molar-refractivity contribution is 6.18. The van der Waals surface area contributed by atoms with Crippen LogP contribution in [-0.4, -0.2) is 25.4 Å². The molecule has 1 unspecified atom stereocenters. The van der Waals surface area contributed by atoms with Gasteiger partial charge in [-0.1, -0.05) is 58.6 Å². The molecule has 206 valence electrons. The predicted molar refractivity (Wildman–Crippen MR) is 151 cm³/mol. The SMILES string of the molecule is CC(C)CCC[C@@H](C)[C@H]1CC[C@H]2[C@@H]3CC=C4C[C@@H](COC5CCCCO5)CC[C@]4(CCl)[C@H]3CC[C@]12C. The number of rotatable bonds is 9. The van der Waals surface area contributed by atoms with Crippen LogP contribution in [0.25, 0.3) is 0 Å². The standard InChI is InChI=1S/C33H55ClO2/c1-23(2)8-7-9-24(3)28-13-14-29-27-12-11-26-20-25(21-36-31-10-5-6-19-35-31)15-18-33(26,22-34)30(27)16-17-32(28,29)4/h11,23-25,27-31H,5-10,12-22H2,1-4H3/t24-,25+,27+,28-,29+,30+,31?,32-,33-/m1/s1. The van der Waals surface area contributed by atoms with Gasteiger partial charge in [0.05, 0.1) is 6.61 Å². The van der Waals surface area contributed by atoms with E-state index in [1.165, 1.54) is 83.5 Å². The Morgan fingerprint density at radius 1 is 1.03 bits per heavy atom. The van der Waals surface area contributed by atoms with E-state index in [1.54, 1.807) is 5.57 Å². The van der Waals surface area contributed by atoms with E-state index in [0.717, 1.165) is 61.0 Å².